The number of carbonyl (C=O) groups excluding carboxylic acids is 1. The summed E-state index contributed by atoms with van der Waals surface area (Å²) in [6, 6.07) is 9.11. The van der Waals surface area contributed by atoms with Crippen molar-refractivity contribution < 1.29 is 19.0 Å². The van der Waals surface area contributed by atoms with Crippen molar-refractivity contribution in [3.63, 3.8) is 0 Å². The van der Waals surface area contributed by atoms with Gasteiger partial charge in [-0.05, 0) is 42.7 Å². The minimum atomic E-state index is -0.0921. The van der Waals surface area contributed by atoms with Crippen molar-refractivity contribution in [1.82, 2.24) is 0 Å². The first-order valence-corrected chi connectivity index (χ1v) is 7.94. The first-order chi connectivity index (χ1) is 12.0. The Bertz CT molecular complexity index is 759. The van der Waals surface area contributed by atoms with Crippen LogP contribution in [-0.2, 0) is 11.2 Å². The normalized spacial score (nSPS) is 10.2. The van der Waals surface area contributed by atoms with Gasteiger partial charge in [0.1, 0.15) is 0 Å². The number of anilines is 2. The van der Waals surface area contributed by atoms with E-state index in [2.05, 4.69) is 5.32 Å². The Labute approximate surface area is 147 Å². The fourth-order valence-corrected chi connectivity index (χ4v) is 2.60. The Kier molecular flexibility index (Phi) is 6.11. The van der Waals surface area contributed by atoms with E-state index in [1.807, 2.05) is 19.1 Å². The highest BCUT2D eigenvalue weighted by Gasteiger charge is 2.16. The zero-order valence-corrected chi connectivity index (χ0v) is 15.0. The Morgan fingerprint density at radius 2 is 1.76 bits per heavy atom. The van der Waals surface area contributed by atoms with Crippen LogP contribution < -0.4 is 25.3 Å². The SMILES string of the molecule is COc1ccc(CCC(=O)Nc2cc(N)ccc2C)c(OC)c1OC. The maximum absolute atomic E-state index is 12.3. The van der Waals surface area contributed by atoms with E-state index in [0.717, 1.165) is 16.8 Å². The van der Waals surface area contributed by atoms with E-state index < -0.39 is 0 Å². The molecule has 0 aliphatic heterocycles. The van der Waals surface area contributed by atoms with E-state index in [0.29, 0.717) is 35.8 Å². The number of nitrogen functional groups attached to an aromatic ring is 1. The predicted octanol–water partition coefficient (Wildman–Crippen LogP) is 3.17. The average Bonchev–Trinajstić information content (AvgIpc) is 2.61. The number of rotatable bonds is 7. The topological polar surface area (TPSA) is 82.8 Å². The van der Waals surface area contributed by atoms with Crippen molar-refractivity contribution in [2.45, 2.75) is 19.8 Å². The van der Waals surface area contributed by atoms with E-state index in [1.54, 1.807) is 39.5 Å². The second-order valence-corrected chi connectivity index (χ2v) is 5.62. The van der Waals surface area contributed by atoms with Crippen LogP contribution in [0.4, 0.5) is 11.4 Å². The van der Waals surface area contributed by atoms with Gasteiger partial charge >= 0.3 is 0 Å². The third-order valence-corrected chi connectivity index (χ3v) is 3.94. The summed E-state index contributed by atoms with van der Waals surface area (Å²) in [5.41, 5.74) is 8.95. The van der Waals surface area contributed by atoms with Crippen LogP contribution in [0.1, 0.15) is 17.5 Å². The number of nitrogens with two attached hydrogens (primary N) is 1. The Morgan fingerprint density at radius 1 is 1.04 bits per heavy atom. The summed E-state index contributed by atoms with van der Waals surface area (Å²) in [6.45, 7) is 1.92. The molecule has 0 spiro atoms. The highest BCUT2D eigenvalue weighted by Crippen LogP contribution is 2.40. The highest BCUT2D eigenvalue weighted by atomic mass is 16.5. The van der Waals surface area contributed by atoms with Crippen LogP contribution in [0.15, 0.2) is 30.3 Å². The van der Waals surface area contributed by atoms with Crippen molar-refractivity contribution in [3.05, 3.63) is 41.5 Å². The maximum Gasteiger partial charge on any atom is 0.224 e. The molecule has 6 heteroatoms. The van der Waals surface area contributed by atoms with Crippen LogP contribution in [0.25, 0.3) is 0 Å². The molecule has 0 aliphatic rings. The molecule has 0 bridgehead atoms. The van der Waals surface area contributed by atoms with E-state index in [1.165, 1.54) is 0 Å². The second-order valence-electron chi connectivity index (χ2n) is 5.62. The molecule has 2 aromatic rings. The molecule has 0 saturated carbocycles. The van der Waals surface area contributed by atoms with E-state index in [-0.39, 0.29) is 5.91 Å². The lowest BCUT2D eigenvalue weighted by Gasteiger charge is -2.16. The molecular weight excluding hydrogens is 320 g/mol. The molecule has 0 radical (unpaired) electrons. The number of amides is 1. The monoisotopic (exact) mass is 344 g/mol. The van der Waals surface area contributed by atoms with Gasteiger partial charge in [-0.25, -0.2) is 0 Å². The average molecular weight is 344 g/mol. The molecular formula is C19H24N2O4. The summed E-state index contributed by atoms with van der Waals surface area (Å²) in [5, 5.41) is 2.89. The molecule has 25 heavy (non-hydrogen) atoms. The number of carbonyl (C=O) groups is 1. The van der Waals surface area contributed by atoms with E-state index in [9.17, 15) is 4.79 Å². The number of benzene rings is 2. The molecule has 0 aliphatic carbocycles. The second kappa shape index (κ2) is 8.28. The van der Waals surface area contributed by atoms with Gasteiger partial charge in [0, 0.05) is 17.8 Å². The summed E-state index contributed by atoms with van der Waals surface area (Å²) in [6.07, 6.45) is 0.816. The molecule has 2 rings (SSSR count). The van der Waals surface area contributed by atoms with Gasteiger partial charge in [0.2, 0.25) is 11.7 Å². The molecule has 0 saturated heterocycles. The first kappa shape index (κ1) is 18.4. The van der Waals surface area contributed by atoms with Gasteiger partial charge in [-0.15, -0.1) is 0 Å². The summed E-state index contributed by atoms with van der Waals surface area (Å²) >= 11 is 0. The largest absolute Gasteiger partial charge is 0.493 e. The fraction of sp³-hybridized carbons (Fsp3) is 0.316. The molecule has 0 fully saturated rings. The molecule has 0 aromatic heterocycles. The number of hydrogen-bond donors (Lipinski definition) is 2. The summed E-state index contributed by atoms with van der Waals surface area (Å²) in [5.74, 6) is 1.60. The number of ether oxygens (including phenoxy) is 3. The summed E-state index contributed by atoms with van der Waals surface area (Å²) in [7, 11) is 4.69. The van der Waals surface area contributed by atoms with Crippen LogP contribution in [0, 0.1) is 6.92 Å². The maximum atomic E-state index is 12.3. The van der Waals surface area contributed by atoms with Gasteiger partial charge in [0.15, 0.2) is 11.5 Å². The summed E-state index contributed by atoms with van der Waals surface area (Å²) < 4.78 is 16.1. The number of methoxy groups -OCH3 is 3. The van der Waals surface area contributed by atoms with E-state index in [4.69, 9.17) is 19.9 Å². The molecule has 1 amide bonds. The summed E-state index contributed by atoms with van der Waals surface area (Å²) in [4.78, 5) is 12.3. The zero-order valence-electron chi connectivity index (χ0n) is 15.0. The third-order valence-electron chi connectivity index (χ3n) is 3.94. The smallest absolute Gasteiger partial charge is 0.224 e. The predicted molar refractivity (Wildman–Crippen MR) is 98.6 cm³/mol. The van der Waals surface area contributed by atoms with Crippen LogP contribution >= 0.6 is 0 Å². The molecule has 3 N–H and O–H groups in total. The van der Waals surface area contributed by atoms with Gasteiger partial charge in [0.25, 0.3) is 0 Å². The Hall–Kier alpha value is -2.89. The first-order valence-electron chi connectivity index (χ1n) is 7.94. The lowest BCUT2D eigenvalue weighted by molar-refractivity contribution is -0.116. The highest BCUT2D eigenvalue weighted by molar-refractivity contribution is 5.92. The van der Waals surface area contributed by atoms with Crippen molar-refractivity contribution in [3.8, 4) is 17.2 Å². The minimum Gasteiger partial charge on any atom is -0.493 e. The zero-order chi connectivity index (χ0) is 18.4. The van der Waals surface area contributed by atoms with Crippen molar-refractivity contribution in [2.75, 3.05) is 32.4 Å². The van der Waals surface area contributed by atoms with Gasteiger partial charge in [-0.3, -0.25) is 4.79 Å². The Balaban J connectivity index is 2.10. The molecule has 2 aromatic carbocycles. The Morgan fingerprint density at radius 3 is 2.40 bits per heavy atom. The number of aryl methyl sites for hydroxylation is 2. The molecule has 0 unspecified atom stereocenters. The standard InChI is InChI=1S/C19H24N2O4/c1-12-5-8-14(20)11-15(12)21-17(22)10-7-13-6-9-16(23-2)19(25-4)18(13)24-3/h5-6,8-9,11H,7,10,20H2,1-4H3,(H,21,22). The van der Waals surface area contributed by atoms with Crippen LogP contribution in [-0.4, -0.2) is 27.2 Å². The molecule has 6 nitrogen and oxygen atoms in total. The van der Waals surface area contributed by atoms with Crippen molar-refractivity contribution in [2.24, 2.45) is 0 Å². The number of nitrogens with one attached hydrogen (secondary N) is 1. The van der Waals surface area contributed by atoms with Gasteiger partial charge in [-0.1, -0.05) is 12.1 Å². The molecule has 0 atom stereocenters. The van der Waals surface area contributed by atoms with Gasteiger partial charge < -0.3 is 25.3 Å². The van der Waals surface area contributed by atoms with Crippen molar-refractivity contribution >= 4 is 17.3 Å². The third kappa shape index (κ3) is 4.35. The number of hydrogen-bond acceptors (Lipinski definition) is 5. The fourth-order valence-electron chi connectivity index (χ4n) is 2.60. The quantitative estimate of drug-likeness (QED) is 0.754. The van der Waals surface area contributed by atoms with Crippen LogP contribution in [0.2, 0.25) is 0 Å². The van der Waals surface area contributed by atoms with Crippen molar-refractivity contribution in [1.29, 1.82) is 0 Å². The van der Waals surface area contributed by atoms with E-state index >= 15 is 0 Å². The van der Waals surface area contributed by atoms with Crippen LogP contribution in [0.5, 0.6) is 17.2 Å². The lowest BCUT2D eigenvalue weighted by atomic mass is 10.1. The lowest BCUT2D eigenvalue weighted by Crippen LogP contribution is -2.13. The van der Waals surface area contributed by atoms with Crippen LogP contribution in [0.3, 0.4) is 0 Å². The minimum absolute atomic E-state index is 0.0921. The van der Waals surface area contributed by atoms with Gasteiger partial charge in [0.05, 0.1) is 21.3 Å². The van der Waals surface area contributed by atoms with Gasteiger partial charge in [-0.2, -0.15) is 0 Å². The molecule has 0 heterocycles. The molecule has 134 valence electrons.